The van der Waals surface area contributed by atoms with Gasteiger partial charge in [-0.15, -0.1) is 24.0 Å². The van der Waals surface area contributed by atoms with Gasteiger partial charge in [-0.25, -0.2) is 0 Å². The summed E-state index contributed by atoms with van der Waals surface area (Å²) in [5, 5.41) is 6.44. The molecule has 1 aromatic heterocycles. The minimum atomic E-state index is -2.86. The number of furan rings is 1. The largest absolute Gasteiger partial charge is 0.468 e. The van der Waals surface area contributed by atoms with E-state index in [1.165, 1.54) is 11.6 Å². The molecule has 2 aromatic carbocycles. The van der Waals surface area contributed by atoms with Gasteiger partial charge in [-0.1, -0.05) is 42.5 Å². The minimum absolute atomic E-state index is 0. The van der Waals surface area contributed by atoms with E-state index in [0.29, 0.717) is 24.6 Å². The Labute approximate surface area is 210 Å². The van der Waals surface area contributed by atoms with Gasteiger partial charge in [0.1, 0.15) is 11.5 Å². The molecule has 9 heteroatoms. The van der Waals surface area contributed by atoms with Crippen LogP contribution < -0.4 is 15.4 Å². The van der Waals surface area contributed by atoms with Crippen molar-refractivity contribution in [3.8, 4) is 5.75 Å². The monoisotopic (exact) mass is 570 g/mol. The van der Waals surface area contributed by atoms with Gasteiger partial charge in [0, 0.05) is 32.2 Å². The van der Waals surface area contributed by atoms with Gasteiger partial charge in [0.2, 0.25) is 0 Å². The maximum absolute atomic E-state index is 12.6. The van der Waals surface area contributed by atoms with Crippen molar-refractivity contribution >= 4 is 29.9 Å². The van der Waals surface area contributed by atoms with Gasteiger partial charge in [0.05, 0.1) is 12.8 Å². The van der Waals surface area contributed by atoms with E-state index in [1.54, 1.807) is 31.5 Å². The Kier molecular flexibility index (Phi) is 11.1. The van der Waals surface area contributed by atoms with Crippen molar-refractivity contribution in [1.82, 2.24) is 15.5 Å². The lowest BCUT2D eigenvalue weighted by molar-refractivity contribution is -0.0504. The van der Waals surface area contributed by atoms with Gasteiger partial charge in [-0.3, -0.25) is 9.89 Å². The third kappa shape index (κ3) is 8.65. The molecule has 0 fully saturated rings. The van der Waals surface area contributed by atoms with E-state index in [9.17, 15) is 8.78 Å². The van der Waals surface area contributed by atoms with Crippen molar-refractivity contribution in [2.75, 3.05) is 14.1 Å². The normalized spacial score (nSPS) is 11.4. The zero-order valence-electron chi connectivity index (χ0n) is 18.6. The van der Waals surface area contributed by atoms with Crippen molar-refractivity contribution in [3.63, 3.8) is 0 Å². The summed E-state index contributed by atoms with van der Waals surface area (Å²) in [4.78, 5) is 6.42. The highest BCUT2D eigenvalue weighted by atomic mass is 127. The lowest BCUT2D eigenvalue weighted by Crippen LogP contribution is -2.36. The molecule has 0 aliphatic carbocycles. The molecule has 0 unspecified atom stereocenters. The molecule has 6 nitrogen and oxygen atoms in total. The number of ether oxygens (including phenoxy) is 1. The molecule has 33 heavy (non-hydrogen) atoms. The van der Waals surface area contributed by atoms with Gasteiger partial charge >= 0.3 is 6.61 Å². The molecule has 0 saturated carbocycles. The second-order valence-corrected chi connectivity index (χ2v) is 7.29. The van der Waals surface area contributed by atoms with Crippen LogP contribution in [0.1, 0.15) is 22.5 Å². The molecule has 3 rings (SSSR count). The molecule has 0 saturated heterocycles. The lowest BCUT2D eigenvalue weighted by Gasteiger charge is -2.19. The highest BCUT2D eigenvalue weighted by Crippen LogP contribution is 2.20. The molecular formula is C24H29F2IN4O2. The minimum Gasteiger partial charge on any atom is -0.468 e. The summed E-state index contributed by atoms with van der Waals surface area (Å²) in [7, 11) is 3.71. The summed E-state index contributed by atoms with van der Waals surface area (Å²) in [6.07, 6.45) is 1.68. The third-order valence-corrected chi connectivity index (χ3v) is 4.87. The fraction of sp³-hybridized carbons (Fsp3) is 0.292. The molecule has 178 valence electrons. The van der Waals surface area contributed by atoms with Gasteiger partial charge in [0.15, 0.2) is 5.96 Å². The van der Waals surface area contributed by atoms with Crippen LogP contribution in [0.3, 0.4) is 0 Å². The Morgan fingerprint density at radius 1 is 0.939 bits per heavy atom. The summed E-state index contributed by atoms with van der Waals surface area (Å²) in [6, 6.07) is 18.7. The van der Waals surface area contributed by atoms with Gasteiger partial charge in [0.25, 0.3) is 0 Å². The SMILES string of the molecule is CN=C(NCc1ccccc1CN(C)Cc1ccco1)NCc1ccccc1OC(F)F.I. The maximum Gasteiger partial charge on any atom is 0.387 e. The second-order valence-electron chi connectivity index (χ2n) is 7.29. The number of nitrogens with one attached hydrogen (secondary N) is 2. The molecule has 0 bridgehead atoms. The van der Waals surface area contributed by atoms with Crippen LogP contribution in [0, 0.1) is 0 Å². The molecule has 0 atom stereocenters. The van der Waals surface area contributed by atoms with E-state index in [4.69, 9.17) is 4.42 Å². The molecule has 1 heterocycles. The van der Waals surface area contributed by atoms with Gasteiger partial charge < -0.3 is 19.8 Å². The average Bonchev–Trinajstić information content (AvgIpc) is 3.28. The van der Waals surface area contributed by atoms with Crippen molar-refractivity contribution in [1.29, 1.82) is 0 Å². The molecule has 3 aromatic rings. The number of rotatable bonds is 10. The zero-order chi connectivity index (χ0) is 22.8. The quantitative estimate of drug-likeness (QED) is 0.204. The fourth-order valence-corrected chi connectivity index (χ4v) is 3.34. The Morgan fingerprint density at radius 2 is 1.58 bits per heavy atom. The van der Waals surface area contributed by atoms with Crippen molar-refractivity contribution in [2.45, 2.75) is 32.8 Å². The Balaban J connectivity index is 0.00000385. The van der Waals surface area contributed by atoms with Crippen LogP contribution in [0.5, 0.6) is 5.75 Å². The number of alkyl halides is 2. The second kappa shape index (κ2) is 13.8. The summed E-state index contributed by atoms with van der Waals surface area (Å²) < 4.78 is 35.3. The highest BCUT2D eigenvalue weighted by molar-refractivity contribution is 14.0. The number of hydrogen-bond donors (Lipinski definition) is 2. The van der Waals surface area contributed by atoms with Crippen LogP contribution in [0.2, 0.25) is 0 Å². The summed E-state index contributed by atoms with van der Waals surface area (Å²) in [6.45, 7) is -0.507. The number of hydrogen-bond acceptors (Lipinski definition) is 4. The third-order valence-electron chi connectivity index (χ3n) is 4.87. The average molecular weight is 570 g/mol. The highest BCUT2D eigenvalue weighted by Gasteiger charge is 2.11. The van der Waals surface area contributed by atoms with E-state index < -0.39 is 6.61 Å². The Morgan fingerprint density at radius 3 is 2.21 bits per heavy atom. The lowest BCUT2D eigenvalue weighted by atomic mass is 10.1. The predicted octanol–water partition coefficient (Wildman–Crippen LogP) is 5.00. The van der Waals surface area contributed by atoms with Gasteiger partial charge in [-0.2, -0.15) is 8.78 Å². The van der Waals surface area contributed by atoms with E-state index in [0.717, 1.165) is 24.4 Å². The number of halogens is 3. The Hall–Kier alpha value is -2.66. The molecule has 0 radical (unpaired) electrons. The Bertz CT molecular complexity index is 1000. The van der Waals surface area contributed by atoms with E-state index in [2.05, 4.69) is 37.4 Å². The number of para-hydroxylation sites is 1. The first-order valence-electron chi connectivity index (χ1n) is 10.3. The van der Waals surface area contributed by atoms with E-state index in [1.807, 2.05) is 31.3 Å². The standard InChI is InChI=1S/C24H28F2N4O2.HI/c1-27-24(29-15-19-9-5-6-12-22(19)32-23(25)26)28-14-18-8-3-4-10-20(18)16-30(2)17-21-11-7-13-31-21;/h3-13,23H,14-17H2,1-2H3,(H2,27,28,29);1H. The first-order chi connectivity index (χ1) is 15.5. The molecule has 0 aliphatic rings. The fourth-order valence-electron chi connectivity index (χ4n) is 3.34. The van der Waals surface area contributed by atoms with Crippen molar-refractivity contribution in [2.24, 2.45) is 4.99 Å². The topological polar surface area (TPSA) is 62.0 Å². The number of benzene rings is 2. The number of nitrogens with zero attached hydrogens (tertiary/aromatic N) is 2. The van der Waals surface area contributed by atoms with Crippen LogP contribution in [0.15, 0.2) is 76.3 Å². The van der Waals surface area contributed by atoms with E-state index in [-0.39, 0.29) is 29.7 Å². The van der Waals surface area contributed by atoms with Crippen LogP contribution in [-0.2, 0) is 26.2 Å². The number of aliphatic imine (C=N–C) groups is 1. The van der Waals surface area contributed by atoms with Crippen molar-refractivity contribution < 1.29 is 17.9 Å². The van der Waals surface area contributed by atoms with Crippen LogP contribution in [-0.4, -0.2) is 31.6 Å². The molecule has 2 N–H and O–H groups in total. The first-order valence-corrected chi connectivity index (χ1v) is 10.3. The molecule has 0 amide bonds. The van der Waals surface area contributed by atoms with Crippen LogP contribution >= 0.6 is 24.0 Å². The first kappa shape index (κ1) is 26.6. The summed E-state index contributed by atoms with van der Waals surface area (Å²) in [5.74, 6) is 1.63. The molecule has 0 aliphatic heterocycles. The van der Waals surface area contributed by atoms with E-state index >= 15 is 0 Å². The maximum atomic E-state index is 12.6. The molecule has 0 spiro atoms. The zero-order valence-corrected chi connectivity index (χ0v) is 21.0. The predicted molar refractivity (Wildman–Crippen MR) is 136 cm³/mol. The van der Waals surface area contributed by atoms with Crippen molar-refractivity contribution in [3.05, 3.63) is 89.4 Å². The summed E-state index contributed by atoms with van der Waals surface area (Å²) in [5.41, 5.74) is 2.96. The summed E-state index contributed by atoms with van der Waals surface area (Å²) >= 11 is 0. The number of guanidine groups is 1. The van der Waals surface area contributed by atoms with Crippen LogP contribution in [0.25, 0.3) is 0 Å². The molecular weight excluding hydrogens is 541 g/mol. The smallest absolute Gasteiger partial charge is 0.387 e. The van der Waals surface area contributed by atoms with Gasteiger partial charge in [-0.05, 0) is 36.4 Å². The van der Waals surface area contributed by atoms with Crippen LogP contribution in [0.4, 0.5) is 8.78 Å².